The first-order valence-corrected chi connectivity index (χ1v) is 5.23. The summed E-state index contributed by atoms with van der Waals surface area (Å²) >= 11 is 0. The molecular formula is C12H16N2O. The average Bonchev–Trinajstić information content (AvgIpc) is 2.52. The Balaban J connectivity index is 2.47. The fourth-order valence-corrected chi connectivity index (χ4v) is 2.20. The first-order chi connectivity index (χ1) is 7.16. The number of nitrogens with two attached hydrogens (primary N) is 1. The number of fused-ring (bicyclic) bond motifs is 1. The van der Waals surface area contributed by atoms with Gasteiger partial charge in [0.1, 0.15) is 0 Å². The largest absolute Gasteiger partial charge is 0.330 e. The lowest BCUT2D eigenvalue weighted by atomic mass is 9.88. The third-order valence-corrected chi connectivity index (χ3v) is 3.17. The molecular weight excluding hydrogens is 188 g/mol. The molecule has 0 aromatic heterocycles. The molecule has 0 saturated carbocycles. The highest BCUT2D eigenvalue weighted by atomic mass is 16.2. The topological polar surface area (TPSA) is 46.3 Å². The summed E-state index contributed by atoms with van der Waals surface area (Å²) in [5.41, 5.74) is 7.78. The number of nitrogens with zero attached hydrogens (tertiary/aromatic N) is 1. The Kier molecular flexibility index (Phi) is 2.49. The number of anilines is 1. The third kappa shape index (κ3) is 1.43. The predicted octanol–water partition coefficient (Wildman–Crippen LogP) is 1.34. The molecule has 0 fully saturated rings. The maximum atomic E-state index is 12.0. The maximum Gasteiger partial charge on any atom is 0.234 e. The molecule has 0 bridgehead atoms. The summed E-state index contributed by atoms with van der Waals surface area (Å²) in [5.74, 6) is 0.300. The number of rotatable bonds is 2. The maximum absolute atomic E-state index is 12.0. The van der Waals surface area contributed by atoms with Gasteiger partial charge in [0.05, 0.1) is 5.92 Å². The normalized spacial score (nSPS) is 21.7. The van der Waals surface area contributed by atoms with Gasteiger partial charge in [0, 0.05) is 12.7 Å². The zero-order valence-corrected chi connectivity index (χ0v) is 9.10. The lowest BCUT2D eigenvalue weighted by Gasteiger charge is -2.16. The fraction of sp³-hybridized carbons (Fsp3) is 0.417. The van der Waals surface area contributed by atoms with E-state index in [0.29, 0.717) is 6.54 Å². The zero-order chi connectivity index (χ0) is 11.0. The molecule has 80 valence electrons. The number of carbonyl (C=O) groups is 1. The van der Waals surface area contributed by atoms with Crippen LogP contribution in [0.3, 0.4) is 0 Å². The van der Waals surface area contributed by atoms with Crippen molar-refractivity contribution in [3.8, 4) is 0 Å². The summed E-state index contributed by atoms with van der Waals surface area (Å²) in [6, 6.07) is 7.93. The lowest BCUT2D eigenvalue weighted by Crippen LogP contribution is -2.29. The monoisotopic (exact) mass is 204 g/mol. The van der Waals surface area contributed by atoms with Gasteiger partial charge in [-0.25, -0.2) is 0 Å². The van der Waals surface area contributed by atoms with Crippen molar-refractivity contribution >= 4 is 11.6 Å². The minimum absolute atomic E-state index is 0.0591. The van der Waals surface area contributed by atoms with Crippen molar-refractivity contribution in [3.63, 3.8) is 0 Å². The van der Waals surface area contributed by atoms with Crippen molar-refractivity contribution in [1.29, 1.82) is 0 Å². The van der Waals surface area contributed by atoms with E-state index < -0.39 is 0 Å². The number of amides is 1. The van der Waals surface area contributed by atoms with Crippen LogP contribution in [0.2, 0.25) is 0 Å². The Morgan fingerprint density at radius 1 is 1.47 bits per heavy atom. The van der Waals surface area contributed by atoms with Gasteiger partial charge < -0.3 is 10.6 Å². The highest BCUT2D eigenvalue weighted by molar-refractivity contribution is 6.04. The van der Waals surface area contributed by atoms with Crippen LogP contribution in [0.15, 0.2) is 24.3 Å². The van der Waals surface area contributed by atoms with Gasteiger partial charge in [-0.2, -0.15) is 0 Å². The second kappa shape index (κ2) is 3.66. The van der Waals surface area contributed by atoms with Crippen LogP contribution in [0.4, 0.5) is 5.69 Å². The van der Waals surface area contributed by atoms with Crippen LogP contribution in [-0.2, 0) is 4.79 Å². The molecule has 1 aromatic carbocycles. The summed E-state index contributed by atoms with van der Waals surface area (Å²) in [4.78, 5) is 13.8. The Bertz CT molecular complexity index is 389. The zero-order valence-electron chi connectivity index (χ0n) is 9.10. The van der Waals surface area contributed by atoms with E-state index in [2.05, 4.69) is 0 Å². The van der Waals surface area contributed by atoms with E-state index in [4.69, 9.17) is 5.73 Å². The first-order valence-electron chi connectivity index (χ1n) is 5.23. The van der Waals surface area contributed by atoms with Crippen LogP contribution in [0.5, 0.6) is 0 Å². The van der Waals surface area contributed by atoms with E-state index in [9.17, 15) is 4.79 Å². The van der Waals surface area contributed by atoms with Gasteiger partial charge in [0.15, 0.2) is 0 Å². The van der Waals surface area contributed by atoms with Gasteiger partial charge in [0.2, 0.25) is 5.91 Å². The van der Waals surface area contributed by atoms with Gasteiger partial charge in [-0.05, 0) is 24.1 Å². The van der Waals surface area contributed by atoms with Gasteiger partial charge in [-0.1, -0.05) is 25.1 Å². The number of carbonyl (C=O) groups excluding carboxylic acids is 1. The van der Waals surface area contributed by atoms with Crippen LogP contribution >= 0.6 is 0 Å². The predicted molar refractivity (Wildman–Crippen MR) is 60.8 cm³/mol. The Morgan fingerprint density at radius 3 is 2.80 bits per heavy atom. The Morgan fingerprint density at radius 2 is 2.13 bits per heavy atom. The van der Waals surface area contributed by atoms with Crippen molar-refractivity contribution in [2.75, 3.05) is 18.5 Å². The van der Waals surface area contributed by atoms with E-state index in [1.54, 1.807) is 4.90 Å². The molecule has 0 saturated heterocycles. The molecule has 3 nitrogen and oxygen atoms in total. The lowest BCUT2D eigenvalue weighted by molar-refractivity contribution is -0.119. The smallest absolute Gasteiger partial charge is 0.234 e. The molecule has 2 unspecified atom stereocenters. The quantitative estimate of drug-likeness (QED) is 0.790. The standard InChI is InChI=1S/C12H16N2O/c1-8(7-13)11-9-5-3-4-6-10(9)14(2)12(11)15/h3-6,8,11H,7,13H2,1-2H3. The Labute approximate surface area is 89.9 Å². The van der Waals surface area contributed by atoms with Crippen LogP contribution in [-0.4, -0.2) is 19.5 Å². The molecule has 15 heavy (non-hydrogen) atoms. The molecule has 1 aliphatic rings. The van der Waals surface area contributed by atoms with Crippen molar-refractivity contribution in [2.24, 2.45) is 11.7 Å². The van der Waals surface area contributed by atoms with Gasteiger partial charge >= 0.3 is 0 Å². The average molecular weight is 204 g/mol. The summed E-state index contributed by atoms with van der Waals surface area (Å²) < 4.78 is 0. The number of hydrogen-bond acceptors (Lipinski definition) is 2. The van der Waals surface area contributed by atoms with Gasteiger partial charge in [0.25, 0.3) is 0 Å². The summed E-state index contributed by atoms with van der Waals surface area (Å²) in [7, 11) is 1.82. The molecule has 1 heterocycles. The molecule has 1 amide bonds. The van der Waals surface area contributed by atoms with Crippen molar-refractivity contribution < 1.29 is 4.79 Å². The van der Waals surface area contributed by atoms with Crippen LogP contribution in [0.1, 0.15) is 18.4 Å². The summed E-state index contributed by atoms with van der Waals surface area (Å²) in [6.07, 6.45) is 0. The molecule has 3 heteroatoms. The molecule has 0 aliphatic carbocycles. The molecule has 0 spiro atoms. The summed E-state index contributed by atoms with van der Waals surface area (Å²) in [5, 5.41) is 0. The number of likely N-dealkylation sites (N-methyl/N-ethyl adjacent to an activating group) is 1. The van der Waals surface area contributed by atoms with Gasteiger partial charge in [-0.15, -0.1) is 0 Å². The van der Waals surface area contributed by atoms with Crippen LogP contribution < -0.4 is 10.6 Å². The Hall–Kier alpha value is -1.35. The molecule has 2 N–H and O–H groups in total. The van der Waals surface area contributed by atoms with Crippen molar-refractivity contribution in [3.05, 3.63) is 29.8 Å². The number of para-hydroxylation sites is 1. The molecule has 1 aliphatic heterocycles. The first kappa shape index (κ1) is 10.2. The van der Waals surface area contributed by atoms with E-state index in [0.717, 1.165) is 11.3 Å². The second-order valence-corrected chi connectivity index (χ2v) is 4.15. The number of benzene rings is 1. The minimum atomic E-state index is -0.0591. The summed E-state index contributed by atoms with van der Waals surface area (Å²) in [6.45, 7) is 2.57. The fourth-order valence-electron chi connectivity index (χ4n) is 2.20. The van der Waals surface area contributed by atoms with E-state index in [1.165, 1.54) is 0 Å². The van der Waals surface area contributed by atoms with Gasteiger partial charge in [-0.3, -0.25) is 4.79 Å². The van der Waals surface area contributed by atoms with Crippen LogP contribution in [0, 0.1) is 5.92 Å². The highest BCUT2D eigenvalue weighted by Crippen LogP contribution is 2.39. The van der Waals surface area contributed by atoms with E-state index in [-0.39, 0.29) is 17.7 Å². The van der Waals surface area contributed by atoms with Crippen LogP contribution in [0.25, 0.3) is 0 Å². The van der Waals surface area contributed by atoms with Crippen molar-refractivity contribution in [1.82, 2.24) is 0 Å². The molecule has 0 radical (unpaired) electrons. The second-order valence-electron chi connectivity index (χ2n) is 4.15. The molecule has 1 aromatic rings. The van der Waals surface area contributed by atoms with Crippen molar-refractivity contribution in [2.45, 2.75) is 12.8 Å². The van der Waals surface area contributed by atoms with E-state index >= 15 is 0 Å². The van der Waals surface area contributed by atoms with E-state index in [1.807, 2.05) is 38.2 Å². The highest BCUT2D eigenvalue weighted by Gasteiger charge is 2.37. The minimum Gasteiger partial charge on any atom is -0.330 e. The molecule has 2 rings (SSSR count). The number of hydrogen-bond donors (Lipinski definition) is 1. The SMILES string of the molecule is CC(CN)C1C(=O)N(C)c2ccccc21. The third-order valence-electron chi connectivity index (χ3n) is 3.17. The molecule has 2 atom stereocenters.